The van der Waals surface area contributed by atoms with E-state index >= 15 is 0 Å². The Hall–Kier alpha value is -1.84. The third-order valence-electron chi connectivity index (χ3n) is 4.42. The maximum Gasteiger partial charge on any atom is 0.338 e. The van der Waals surface area contributed by atoms with Crippen LogP contribution < -0.4 is 0 Å². The summed E-state index contributed by atoms with van der Waals surface area (Å²) < 4.78 is 11.1. The first-order chi connectivity index (χ1) is 11.0. The molecule has 2 atom stereocenters. The summed E-state index contributed by atoms with van der Waals surface area (Å²) in [5.74, 6) is -0.262. The molecule has 126 valence electrons. The molecule has 0 bridgehead atoms. The average Bonchev–Trinajstić information content (AvgIpc) is 2.91. The minimum Gasteiger partial charge on any atom is -0.465 e. The van der Waals surface area contributed by atoms with Gasteiger partial charge in [-0.3, -0.25) is 4.79 Å². The Bertz CT molecular complexity index is 538. The molecule has 23 heavy (non-hydrogen) atoms. The molecule has 1 aliphatic carbocycles. The molecule has 1 aromatic rings. The molecule has 1 fully saturated rings. The van der Waals surface area contributed by atoms with E-state index in [1.54, 1.807) is 31.2 Å². The Morgan fingerprint density at radius 2 is 1.96 bits per heavy atom. The second kappa shape index (κ2) is 7.62. The summed E-state index contributed by atoms with van der Waals surface area (Å²) >= 11 is 0. The van der Waals surface area contributed by atoms with E-state index < -0.39 is 11.5 Å². The number of rotatable bonds is 6. The largest absolute Gasteiger partial charge is 0.465 e. The van der Waals surface area contributed by atoms with Crippen LogP contribution in [0.5, 0.6) is 0 Å². The molecule has 0 aromatic heterocycles. The lowest BCUT2D eigenvalue weighted by atomic mass is 9.76. The number of carbonyl (C=O) groups excluding carboxylic acids is 2. The van der Waals surface area contributed by atoms with Crippen LogP contribution in [-0.4, -0.2) is 24.6 Å². The maximum absolute atomic E-state index is 12.6. The summed E-state index contributed by atoms with van der Waals surface area (Å²) in [5, 5.41) is 0. The summed E-state index contributed by atoms with van der Waals surface area (Å²) in [7, 11) is 0. The average molecular weight is 318 g/mol. The Morgan fingerprint density at radius 3 is 2.57 bits per heavy atom. The minimum atomic E-state index is -0.700. The molecular weight excluding hydrogens is 292 g/mol. The van der Waals surface area contributed by atoms with Gasteiger partial charge in [-0.15, -0.1) is 0 Å². The molecule has 0 radical (unpaired) electrons. The third kappa shape index (κ3) is 3.92. The lowest BCUT2D eigenvalue weighted by Gasteiger charge is -2.34. The van der Waals surface area contributed by atoms with Crippen molar-refractivity contribution in [3.63, 3.8) is 0 Å². The van der Waals surface area contributed by atoms with Crippen LogP contribution in [0.25, 0.3) is 0 Å². The minimum absolute atomic E-state index is 0.225. The molecule has 0 N–H and O–H groups in total. The van der Waals surface area contributed by atoms with Crippen LogP contribution in [-0.2, 0) is 14.3 Å². The molecule has 2 unspecified atom stereocenters. The summed E-state index contributed by atoms with van der Waals surface area (Å²) in [5.41, 5.74) is -0.184. The van der Waals surface area contributed by atoms with Crippen molar-refractivity contribution in [3.05, 3.63) is 35.9 Å². The molecule has 0 aliphatic heterocycles. The number of carbonyl (C=O) groups is 2. The van der Waals surface area contributed by atoms with E-state index in [4.69, 9.17) is 9.47 Å². The second-order valence-corrected chi connectivity index (χ2v) is 6.63. The topological polar surface area (TPSA) is 52.6 Å². The zero-order valence-corrected chi connectivity index (χ0v) is 14.2. The fourth-order valence-electron chi connectivity index (χ4n) is 3.54. The van der Waals surface area contributed by atoms with Crippen LogP contribution >= 0.6 is 0 Å². The van der Waals surface area contributed by atoms with Gasteiger partial charge in [-0.2, -0.15) is 0 Å². The number of benzene rings is 1. The molecular formula is C19H26O4. The Balaban J connectivity index is 2.20. The summed E-state index contributed by atoms with van der Waals surface area (Å²) in [6, 6.07) is 8.92. The fourth-order valence-corrected chi connectivity index (χ4v) is 3.54. The van der Waals surface area contributed by atoms with Crippen LogP contribution in [0, 0.1) is 11.3 Å². The molecule has 0 spiro atoms. The van der Waals surface area contributed by atoms with E-state index in [1.165, 1.54) is 0 Å². The highest BCUT2D eigenvalue weighted by Crippen LogP contribution is 2.46. The molecule has 1 saturated carbocycles. The van der Waals surface area contributed by atoms with Crippen LogP contribution in [0.1, 0.15) is 56.8 Å². The van der Waals surface area contributed by atoms with Crippen LogP contribution in [0.4, 0.5) is 0 Å². The molecule has 2 rings (SSSR count). The lowest BCUT2D eigenvalue weighted by Crippen LogP contribution is -2.43. The SMILES string of the molecule is CCOC(=O)C1(CC(C)C)CCCC1OC(=O)c1ccccc1. The van der Waals surface area contributed by atoms with E-state index in [0.717, 1.165) is 12.8 Å². The van der Waals surface area contributed by atoms with Crippen LogP contribution in [0.2, 0.25) is 0 Å². The molecule has 4 heteroatoms. The highest BCUT2D eigenvalue weighted by molar-refractivity contribution is 5.90. The standard InChI is InChI=1S/C19H26O4/c1-4-22-18(21)19(13-14(2)3)12-8-11-16(19)23-17(20)15-9-6-5-7-10-15/h5-7,9-10,14,16H,4,8,11-13H2,1-3H3. The molecule has 4 nitrogen and oxygen atoms in total. The van der Waals surface area contributed by atoms with E-state index in [9.17, 15) is 9.59 Å². The van der Waals surface area contributed by atoms with E-state index in [2.05, 4.69) is 13.8 Å². The maximum atomic E-state index is 12.6. The summed E-state index contributed by atoms with van der Waals surface area (Å²) in [6.45, 7) is 6.31. The highest BCUT2D eigenvalue weighted by atomic mass is 16.6. The quantitative estimate of drug-likeness (QED) is 0.744. The lowest BCUT2D eigenvalue weighted by molar-refractivity contribution is -0.162. The predicted molar refractivity (Wildman–Crippen MR) is 88.0 cm³/mol. The smallest absolute Gasteiger partial charge is 0.338 e. The first-order valence-electron chi connectivity index (χ1n) is 8.43. The van der Waals surface area contributed by atoms with Gasteiger partial charge in [0, 0.05) is 0 Å². The van der Waals surface area contributed by atoms with Crippen molar-refractivity contribution in [3.8, 4) is 0 Å². The van der Waals surface area contributed by atoms with Gasteiger partial charge in [0.05, 0.1) is 12.2 Å². The van der Waals surface area contributed by atoms with Gasteiger partial charge in [-0.25, -0.2) is 4.79 Å². The van der Waals surface area contributed by atoms with Crippen molar-refractivity contribution in [2.45, 2.75) is 52.6 Å². The van der Waals surface area contributed by atoms with Gasteiger partial charge in [0.15, 0.2) is 0 Å². The predicted octanol–water partition coefficient (Wildman–Crippen LogP) is 3.99. The van der Waals surface area contributed by atoms with Crippen molar-refractivity contribution in [1.29, 1.82) is 0 Å². The molecule has 1 aromatic carbocycles. The van der Waals surface area contributed by atoms with Gasteiger partial charge >= 0.3 is 11.9 Å². The van der Waals surface area contributed by atoms with E-state index in [0.29, 0.717) is 30.9 Å². The number of ether oxygens (including phenoxy) is 2. The first-order valence-corrected chi connectivity index (χ1v) is 8.43. The van der Waals surface area contributed by atoms with Crippen molar-refractivity contribution < 1.29 is 19.1 Å². The molecule has 0 saturated heterocycles. The number of hydrogen-bond donors (Lipinski definition) is 0. The first kappa shape index (κ1) is 17.5. The van der Waals surface area contributed by atoms with Gasteiger partial charge in [0.25, 0.3) is 0 Å². The van der Waals surface area contributed by atoms with Crippen molar-refractivity contribution in [2.75, 3.05) is 6.61 Å². The Morgan fingerprint density at radius 1 is 1.26 bits per heavy atom. The molecule has 0 amide bonds. The van der Waals surface area contributed by atoms with Crippen molar-refractivity contribution in [1.82, 2.24) is 0 Å². The van der Waals surface area contributed by atoms with E-state index in [1.807, 2.05) is 6.07 Å². The number of hydrogen-bond acceptors (Lipinski definition) is 4. The zero-order valence-electron chi connectivity index (χ0n) is 14.2. The Labute approximate surface area is 138 Å². The van der Waals surface area contributed by atoms with E-state index in [-0.39, 0.29) is 11.9 Å². The third-order valence-corrected chi connectivity index (χ3v) is 4.42. The normalized spacial score (nSPS) is 23.7. The molecule has 1 aliphatic rings. The van der Waals surface area contributed by atoms with Gasteiger partial charge in [0.2, 0.25) is 0 Å². The van der Waals surface area contributed by atoms with Crippen molar-refractivity contribution >= 4 is 11.9 Å². The Kier molecular flexibility index (Phi) is 5.80. The second-order valence-electron chi connectivity index (χ2n) is 6.63. The van der Waals surface area contributed by atoms with Crippen molar-refractivity contribution in [2.24, 2.45) is 11.3 Å². The van der Waals surface area contributed by atoms with Crippen LogP contribution in [0.15, 0.2) is 30.3 Å². The van der Waals surface area contributed by atoms with Crippen LogP contribution in [0.3, 0.4) is 0 Å². The van der Waals surface area contributed by atoms with Gasteiger partial charge < -0.3 is 9.47 Å². The molecule has 0 heterocycles. The van der Waals surface area contributed by atoms with Gasteiger partial charge in [-0.1, -0.05) is 32.0 Å². The summed E-state index contributed by atoms with van der Waals surface area (Å²) in [6.07, 6.45) is 2.58. The number of esters is 2. The zero-order chi connectivity index (χ0) is 16.9. The fraction of sp³-hybridized carbons (Fsp3) is 0.579. The van der Waals surface area contributed by atoms with Gasteiger partial charge in [0.1, 0.15) is 11.5 Å². The van der Waals surface area contributed by atoms with Gasteiger partial charge in [-0.05, 0) is 50.7 Å². The summed E-state index contributed by atoms with van der Waals surface area (Å²) in [4.78, 5) is 25.0. The monoisotopic (exact) mass is 318 g/mol. The highest BCUT2D eigenvalue weighted by Gasteiger charge is 2.52.